The van der Waals surface area contributed by atoms with E-state index in [1.54, 1.807) is 0 Å². The van der Waals surface area contributed by atoms with E-state index in [9.17, 15) is 5.41 Å². The highest BCUT2D eigenvalue weighted by Gasteiger charge is 2.21. The zero-order chi connectivity index (χ0) is 35.6. The van der Waals surface area contributed by atoms with Crippen LogP contribution in [0.25, 0.3) is 65.8 Å². The number of para-hydroxylation sites is 3. The standard InChI is InChI=1S/C50H41N3/c51-45(41-30-18-23-37-22-12-13-27-40(37)41)35-39(26-9-3-1-2-6-19-36-20-7-4-8-21-36)53-46-31-16-14-28-42(46)43-33-34-48-49(50(43)53)44-29-15-17-32-47(44)52(48)38-24-10-5-11-25-38/h2,4-8,10-20,22-25,27-35,51H,1,3,9,21,26H2/b6-2-,36-19-,39-35+,51-45?. The van der Waals surface area contributed by atoms with E-state index in [0.717, 1.165) is 59.8 Å². The molecule has 256 valence electrons. The lowest BCUT2D eigenvalue weighted by atomic mass is 9.99. The third kappa shape index (κ3) is 6.04. The SMILES string of the molecule is N=C(/C=C(\CCCC/C=C\C=C1\C=CC=CC1)n1c2ccccc2c2ccc3c(c4ccccc4n3-c3ccccc3)c21)c1cccc2ccccc12. The predicted molar refractivity (Wildman–Crippen MR) is 227 cm³/mol. The Morgan fingerprint density at radius 2 is 1.40 bits per heavy atom. The fraction of sp³-hybridized carbons (Fsp3) is 0.100. The van der Waals surface area contributed by atoms with Crippen molar-refractivity contribution in [2.45, 2.75) is 32.1 Å². The van der Waals surface area contributed by atoms with Crippen LogP contribution in [-0.4, -0.2) is 14.8 Å². The first-order chi connectivity index (χ1) is 26.3. The molecule has 0 aliphatic heterocycles. The van der Waals surface area contributed by atoms with Gasteiger partial charge in [-0.2, -0.15) is 0 Å². The molecule has 0 saturated heterocycles. The van der Waals surface area contributed by atoms with Crippen LogP contribution < -0.4 is 0 Å². The smallest absolute Gasteiger partial charge is 0.0638 e. The van der Waals surface area contributed by atoms with Crippen LogP contribution in [0.4, 0.5) is 0 Å². The third-order valence-electron chi connectivity index (χ3n) is 10.6. The molecule has 0 saturated carbocycles. The Labute approximate surface area is 310 Å². The van der Waals surface area contributed by atoms with Gasteiger partial charge in [0.25, 0.3) is 0 Å². The quantitative estimate of drug-likeness (QED) is 0.110. The molecular weight excluding hydrogens is 643 g/mol. The van der Waals surface area contributed by atoms with E-state index in [1.165, 1.54) is 49.2 Å². The third-order valence-corrected chi connectivity index (χ3v) is 10.6. The lowest BCUT2D eigenvalue weighted by Gasteiger charge is -2.15. The molecule has 2 heterocycles. The summed E-state index contributed by atoms with van der Waals surface area (Å²) in [4.78, 5) is 0. The summed E-state index contributed by atoms with van der Waals surface area (Å²) in [5.74, 6) is 0. The molecule has 53 heavy (non-hydrogen) atoms. The molecule has 0 bridgehead atoms. The zero-order valence-corrected chi connectivity index (χ0v) is 29.8. The van der Waals surface area contributed by atoms with Gasteiger partial charge in [0, 0.05) is 38.5 Å². The van der Waals surface area contributed by atoms with Crippen LogP contribution in [-0.2, 0) is 0 Å². The maximum atomic E-state index is 9.62. The van der Waals surface area contributed by atoms with Crippen molar-refractivity contribution >= 4 is 65.8 Å². The molecule has 0 amide bonds. The van der Waals surface area contributed by atoms with E-state index in [-0.39, 0.29) is 0 Å². The first kappa shape index (κ1) is 32.5. The average Bonchev–Trinajstić information content (AvgIpc) is 3.73. The summed E-state index contributed by atoms with van der Waals surface area (Å²) in [6.07, 6.45) is 22.4. The highest BCUT2D eigenvalue weighted by molar-refractivity contribution is 6.27. The fourth-order valence-corrected chi connectivity index (χ4v) is 8.12. The van der Waals surface area contributed by atoms with Crippen molar-refractivity contribution in [3.8, 4) is 5.69 Å². The number of fused-ring (bicyclic) bond motifs is 8. The molecule has 1 aliphatic rings. The molecule has 8 aromatic rings. The van der Waals surface area contributed by atoms with E-state index in [2.05, 4.69) is 191 Å². The van der Waals surface area contributed by atoms with Gasteiger partial charge in [0.15, 0.2) is 0 Å². The molecule has 2 aromatic heterocycles. The first-order valence-corrected chi connectivity index (χ1v) is 18.7. The molecule has 3 nitrogen and oxygen atoms in total. The van der Waals surface area contributed by atoms with Crippen molar-refractivity contribution in [3.63, 3.8) is 0 Å². The van der Waals surface area contributed by atoms with E-state index in [4.69, 9.17) is 0 Å². The van der Waals surface area contributed by atoms with Gasteiger partial charge < -0.3 is 14.5 Å². The van der Waals surface area contributed by atoms with Gasteiger partial charge >= 0.3 is 0 Å². The van der Waals surface area contributed by atoms with Gasteiger partial charge in [0.2, 0.25) is 0 Å². The highest BCUT2D eigenvalue weighted by Crippen LogP contribution is 2.42. The number of nitrogens with one attached hydrogen (secondary N) is 1. The normalized spacial score (nSPS) is 14.3. The number of hydrogen-bond donors (Lipinski definition) is 1. The van der Waals surface area contributed by atoms with Gasteiger partial charge in [0.05, 0.1) is 27.8 Å². The maximum Gasteiger partial charge on any atom is 0.0638 e. The first-order valence-electron chi connectivity index (χ1n) is 18.7. The minimum Gasteiger partial charge on any atom is -0.312 e. The van der Waals surface area contributed by atoms with Crippen molar-refractivity contribution < 1.29 is 0 Å². The molecule has 0 unspecified atom stereocenters. The topological polar surface area (TPSA) is 33.7 Å². The largest absolute Gasteiger partial charge is 0.312 e. The Morgan fingerprint density at radius 3 is 2.25 bits per heavy atom. The molecule has 6 aromatic carbocycles. The van der Waals surface area contributed by atoms with E-state index in [0.29, 0.717) is 5.71 Å². The van der Waals surface area contributed by atoms with Gasteiger partial charge in [-0.1, -0.05) is 146 Å². The number of benzene rings is 6. The molecule has 0 spiro atoms. The molecule has 3 heteroatoms. The highest BCUT2D eigenvalue weighted by atomic mass is 15.0. The van der Waals surface area contributed by atoms with Crippen LogP contribution in [0.15, 0.2) is 188 Å². The van der Waals surface area contributed by atoms with Crippen LogP contribution in [0.3, 0.4) is 0 Å². The Morgan fingerprint density at radius 1 is 0.642 bits per heavy atom. The number of aromatic nitrogens is 2. The number of unbranched alkanes of at least 4 members (excludes halogenated alkanes) is 2. The van der Waals surface area contributed by atoms with Crippen molar-refractivity contribution in [2.24, 2.45) is 0 Å². The second-order valence-corrected chi connectivity index (χ2v) is 13.9. The molecular formula is C50H41N3. The van der Waals surface area contributed by atoms with Crippen LogP contribution in [0.1, 0.15) is 37.7 Å². The fourth-order valence-electron chi connectivity index (χ4n) is 8.12. The molecule has 0 fully saturated rings. The van der Waals surface area contributed by atoms with Crippen LogP contribution >= 0.6 is 0 Å². The Bertz CT molecular complexity index is 2810. The Kier molecular flexibility index (Phi) is 8.75. The van der Waals surface area contributed by atoms with E-state index < -0.39 is 0 Å². The predicted octanol–water partition coefficient (Wildman–Crippen LogP) is 13.5. The van der Waals surface area contributed by atoms with Crippen LogP contribution in [0, 0.1) is 5.41 Å². The Balaban J connectivity index is 1.21. The van der Waals surface area contributed by atoms with Gasteiger partial charge in [-0.05, 0) is 84.9 Å². The second-order valence-electron chi connectivity index (χ2n) is 13.9. The number of rotatable bonds is 10. The van der Waals surface area contributed by atoms with E-state index >= 15 is 0 Å². The summed E-state index contributed by atoms with van der Waals surface area (Å²) >= 11 is 0. The van der Waals surface area contributed by atoms with Gasteiger partial charge in [-0.3, -0.25) is 0 Å². The average molecular weight is 684 g/mol. The van der Waals surface area contributed by atoms with Gasteiger partial charge in [-0.15, -0.1) is 0 Å². The van der Waals surface area contributed by atoms with E-state index in [1.807, 2.05) is 0 Å². The van der Waals surface area contributed by atoms with Gasteiger partial charge in [-0.25, -0.2) is 0 Å². The van der Waals surface area contributed by atoms with Crippen molar-refractivity contribution in [1.29, 1.82) is 5.41 Å². The Hall–Kier alpha value is -6.45. The lowest BCUT2D eigenvalue weighted by molar-refractivity contribution is 0.757. The molecule has 1 N–H and O–H groups in total. The number of hydrogen-bond acceptors (Lipinski definition) is 1. The maximum absolute atomic E-state index is 9.62. The summed E-state index contributed by atoms with van der Waals surface area (Å²) in [5.41, 5.74) is 9.85. The number of allylic oxidation sites excluding steroid dienone is 10. The molecule has 9 rings (SSSR count). The summed E-state index contributed by atoms with van der Waals surface area (Å²) < 4.78 is 4.88. The summed E-state index contributed by atoms with van der Waals surface area (Å²) in [6, 6.07) is 47.6. The number of nitrogens with zero attached hydrogens (tertiary/aromatic N) is 2. The summed E-state index contributed by atoms with van der Waals surface area (Å²) in [7, 11) is 0. The van der Waals surface area contributed by atoms with Crippen molar-refractivity contribution in [2.75, 3.05) is 0 Å². The molecule has 0 atom stereocenters. The minimum atomic E-state index is 0.530. The summed E-state index contributed by atoms with van der Waals surface area (Å²) in [6.45, 7) is 0. The summed E-state index contributed by atoms with van der Waals surface area (Å²) in [5, 5.41) is 16.8. The monoisotopic (exact) mass is 683 g/mol. The van der Waals surface area contributed by atoms with Gasteiger partial charge in [0.1, 0.15) is 0 Å². The molecule has 1 aliphatic carbocycles. The second kappa shape index (κ2) is 14.3. The van der Waals surface area contributed by atoms with Crippen molar-refractivity contribution in [1.82, 2.24) is 9.13 Å². The minimum absolute atomic E-state index is 0.530. The van der Waals surface area contributed by atoms with Crippen LogP contribution in [0.2, 0.25) is 0 Å². The molecule has 0 radical (unpaired) electrons. The van der Waals surface area contributed by atoms with Crippen LogP contribution in [0.5, 0.6) is 0 Å². The lowest BCUT2D eigenvalue weighted by Crippen LogP contribution is -2.04. The van der Waals surface area contributed by atoms with Crippen molar-refractivity contribution in [3.05, 3.63) is 193 Å². The zero-order valence-electron chi connectivity index (χ0n) is 29.8.